The minimum atomic E-state index is -0.188. The summed E-state index contributed by atoms with van der Waals surface area (Å²) < 4.78 is 0. The smallest absolute Gasteiger partial charge is 0.140 e. The standard InChI is InChI=1S/C14H17ClN4O/c1-3-19(7-11-6-4-5-10(2)18-11)14-12(8-20)13(15)16-9-17-14/h4-6,9,20H,3,7-8H2,1-2H3. The molecule has 0 aliphatic carbocycles. The predicted molar refractivity (Wildman–Crippen MR) is 78.7 cm³/mol. The molecule has 0 saturated heterocycles. The fourth-order valence-corrected chi connectivity index (χ4v) is 2.20. The van der Waals surface area contributed by atoms with Crippen molar-refractivity contribution >= 4 is 17.4 Å². The first kappa shape index (κ1) is 14.7. The lowest BCUT2D eigenvalue weighted by atomic mass is 10.2. The van der Waals surface area contributed by atoms with Crippen molar-refractivity contribution in [1.82, 2.24) is 15.0 Å². The van der Waals surface area contributed by atoms with Crippen molar-refractivity contribution in [2.75, 3.05) is 11.4 Å². The number of hydrogen-bond donors (Lipinski definition) is 1. The van der Waals surface area contributed by atoms with E-state index in [9.17, 15) is 5.11 Å². The van der Waals surface area contributed by atoms with Crippen LogP contribution in [0.15, 0.2) is 24.5 Å². The van der Waals surface area contributed by atoms with Crippen LogP contribution in [0.3, 0.4) is 0 Å². The molecule has 0 aliphatic rings. The minimum absolute atomic E-state index is 0.188. The molecule has 0 amide bonds. The van der Waals surface area contributed by atoms with E-state index < -0.39 is 0 Å². The second-order valence-corrected chi connectivity index (χ2v) is 4.77. The number of nitrogens with zero attached hydrogens (tertiary/aromatic N) is 4. The Bertz CT molecular complexity index is 591. The maximum Gasteiger partial charge on any atom is 0.140 e. The summed E-state index contributed by atoms with van der Waals surface area (Å²) in [4.78, 5) is 14.6. The average Bonchev–Trinajstić information content (AvgIpc) is 2.44. The number of hydrogen-bond acceptors (Lipinski definition) is 5. The number of pyridine rings is 1. The van der Waals surface area contributed by atoms with Crippen LogP contribution in [0.25, 0.3) is 0 Å². The van der Waals surface area contributed by atoms with Gasteiger partial charge in [0.1, 0.15) is 17.3 Å². The van der Waals surface area contributed by atoms with Gasteiger partial charge in [0.15, 0.2) is 0 Å². The minimum Gasteiger partial charge on any atom is -0.391 e. The zero-order valence-corrected chi connectivity index (χ0v) is 12.3. The van der Waals surface area contributed by atoms with Crippen molar-refractivity contribution in [2.24, 2.45) is 0 Å². The highest BCUT2D eigenvalue weighted by Gasteiger charge is 2.15. The second kappa shape index (κ2) is 6.63. The maximum absolute atomic E-state index is 9.45. The normalized spacial score (nSPS) is 10.6. The van der Waals surface area contributed by atoms with Crippen molar-refractivity contribution in [2.45, 2.75) is 27.0 Å². The van der Waals surface area contributed by atoms with Crippen molar-refractivity contribution in [1.29, 1.82) is 0 Å². The van der Waals surface area contributed by atoms with Crippen LogP contribution in [0, 0.1) is 6.92 Å². The molecule has 0 aromatic carbocycles. The Morgan fingerprint density at radius 1 is 1.30 bits per heavy atom. The monoisotopic (exact) mass is 292 g/mol. The first-order valence-corrected chi connectivity index (χ1v) is 6.81. The Balaban J connectivity index is 2.31. The molecule has 1 N–H and O–H groups in total. The Labute approximate surface area is 123 Å². The van der Waals surface area contributed by atoms with E-state index >= 15 is 0 Å². The zero-order chi connectivity index (χ0) is 14.5. The molecule has 106 valence electrons. The SMILES string of the molecule is CCN(Cc1cccc(C)n1)c1ncnc(Cl)c1CO. The number of anilines is 1. The van der Waals surface area contributed by atoms with Crippen molar-refractivity contribution < 1.29 is 5.11 Å². The van der Waals surface area contributed by atoms with Gasteiger partial charge in [0.25, 0.3) is 0 Å². The number of aliphatic hydroxyl groups is 1. The Morgan fingerprint density at radius 2 is 2.10 bits per heavy atom. The molecular weight excluding hydrogens is 276 g/mol. The number of aromatic nitrogens is 3. The number of rotatable bonds is 5. The van der Waals surface area contributed by atoms with E-state index in [1.165, 1.54) is 6.33 Å². The molecule has 20 heavy (non-hydrogen) atoms. The van der Waals surface area contributed by atoms with E-state index in [1.54, 1.807) is 0 Å². The van der Waals surface area contributed by atoms with E-state index in [2.05, 4.69) is 15.0 Å². The Morgan fingerprint density at radius 3 is 2.75 bits per heavy atom. The molecule has 0 aliphatic heterocycles. The topological polar surface area (TPSA) is 62.1 Å². The lowest BCUT2D eigenvalue weighted by Gasteiger charge is -2.23. The van der Waals surface area contributed by atoms with Crippen LogP contribution in [-0.2, 0) is 13.2 Å². The molecule has 0 spiro atoms. The summed E-state index contributed by atoms with van der Waals surface area (Å²) in [5, 5.41) is 9.73. The van der Waals surface area contributed by atoms with Gasteiger partial charge in [0, 0.05) is 12.2 Å². The molecule has 6 heteroatoms. The van der Waals surface area contributed by atoms with Gasteiger partial charge in [-0.2, -0.15) is 0 Å². The van der Waals surface area contributed by atoms with E-state index in [1.807, 2.05) is 36.9 Å². The van der Waals surface area contributed by atoms with Crippen LogP contribution in [-0.4, -0.2) is 26.6 Å². The maximum atomic E-state index is 9.45. The van der Waals surface area contributed by atoms with Crippen molar-refractivity contribution in [3.05, 3.63) is 46.6 Å². The van der Waals surface area contributed by atoms with Gasteiger partial charge in [0.05, 0.1) is 24.4 Å². The molecule has 0 fully saturated rings. The fourth-order valence-electron chi connectivity index (χ4n) is 2.01. The Kier molecular flexibility index (Phi) is 4.87. The number of aryl methyl sites for hydroxylation is 1. The quantitative estimate of drug-likeness (QED) is 0.857. The average molecular weight is 293 g/mol. The molecule has 0 saturated carbocycles. The fraction of sp³-hybridized carbons (Fsp3) is 0.357. The van der Waals surface area contributed by atoms with Gasteiger partial charge < -0.3 is 10.0 Å². The summed E-state index contributed by atoms with van der Waals surface area (Å²) >= 11 is 6.01. The lowest BCUT2D eigenvalue weighted by Crippen LogP contribution is -2.25. The van der Waals surface area contributed by atoms with Crippen LogP contribution in [0.4, 0.5) is 5.82 Å². The highest BCUT2D eigenvalue weighted by Crippen LogP contribution is 2.24. The summed E-state index contributed by atoms with van der Waals surface area (Å²) in [5.41, 5.74) is 2.47. The molecule has 5 nitrogen and oxygen atoms in total. The molecule has 2 rings (SSSR count). The molecule has 0 unspecified atom stereocenters. The molecule has 2 aromatic rings. The van der Waals surface area contributed by atoms with Crippen molar-refractivity contribution in [3.63, 3.8) is 0 Å². The van der Waals surface area contributed by atoms with Crippen LogP contribution in [0.1, 0.15) is 23.9 Å². The molecule has 0 bridgehead atoms. The highest BCUT2D eigenvalue weighted by atomic mass is 35.5. The molecule has 2 aromatic heterocycles. The van der Waals surface area contributed by atoms with Gasteiger partial charge >= 0.3 is 0 Å². The summed E-state index contributed by atoms with van der Waals surface area (Å²) in [5.74, 6) is 0.651. The molecule has 0 atom stereocenters. The molecular formula is C14H17ClN4O. The van der Waals surface area contributed by atoms with Gasteiger partial charge in [-0.05, 0) is 26.0 Å². The van der Waals surface area contributed by atoms with Crippen LogP contribution in [0.5, 0.6) is 0 Å². The highest BCUT2D eigenvalue weighted by molar-refractivity contribution is 6.30. The first-order chi connectivity index (χ1) is 9.65. The van der Waals surface area contributed by atoms with E-state index in [4.69, 9.17) is 11.6 Å². The third kappa shape index (κ3) is 3.23. The Hall–Kier alpha value is -1.72. The first-order valence-electron chi connectivity index (χ1n) is 6.43. The number of aliphatic hydroxyl groups excluding tert-OH is 1. The lowest BCUT2D eigenvalue weighted by molar-refractivity contribution is 0.281. The number of halogens is 1. The zero-order valence-electron chi connectivity index (χ0n) is 11.5. The van der Waals surface area contributed by atoms with Crippen LogP contribution < -0.4 is 4.90 Å². The molecule has 2 heterocycles. The summed E-state index contributed by atoms with van der Waals surface area (Å²) in [6, 6.07) is 5.91. The van der Waals surface area contributed by atoms with Gasteiger partial charge in [-0.1, -0.05) is 17.7 Å². The third-order valence-corrected chi connectivity index (χ3v) is 3.33. The summed E-state index contributed by atoms with van der Waals surface area (Å²) in [7, 11) is 0. The largest absolute Gasteiger partial charge is 0.391 e. The molecule has 0 radical (unpaired) electrons. The summed E-state index contributed by atoms with van der Waals surface area (Å²) in [6.07, 6.45) is 1.41. The van der Waals surface area contributed by atoms with E-state index in [0.717, 1.165) is 17.9 Å². The summed E-state index contributed by atoms with van der Waals surface area (Å²) in [6.45, 7) is 5.13. The van der Waals surface area contributed by atoms with E-state index in [0.29, 0.717) is 17.9 Å². The predicted octanol–water partition coefficient (Wildman–Crippen LogP) is 2.35. The third-order valence-electron chi connectivity index (χ3n) is 3.01. The van der Waals surface area contributed by atoms with Gasteiger partial charge in [0.2, 0.25) is 0 Å². The van der Waals surface area contributed by atoms with Gasteiger partial charge in [-0.3, -0.25) is 4.98 Å². The second-order valence-electron chi connectivity index (χ2n) is 4.41. The van der Waals surface area contributed by atoms with Crippen LogP contribution in [0.2, 0.25) is 5.15 Å². The van der Waals surface area contributed by atoms with Crippen molar-refractivity contribution in [3.8, 4) is 0 Å². The van der Waals surface area contributed by atoms with Gasteiger partial charge in [-0.25, -0.2) is 9.97 Å². The van der Waals surface area contributed by atoms with Crippen LogP contribution >= 0.6 is 11.6 Å². The van der Waals surface area contributed by atoms with E-state index in [-0.39, 0.29) is 11.8 Å². The van der Waals surface area contributed by atoms with Gasteiger partial charge in [-0.15, -0.1) is 0 Å².